The zero-order valence-electron chi connectivity index (χ0n) is 12.9. The predicted octanol–water partition coefficient (Wildman–Crippen LogP) is 3.32. The number of hydrogen-bond donors (Lipinski definition) is 1. The van der Waals surface area contributed by atoms with E-state index in [1.807, 2.05) is 29.2 Å². The molecule has 1 aliphatic heterocycles. The number of aromatic nitrogens is 3. The number of nitrogens with one attached hydrogen (secondary N) is 1. The van der Waals surface area contributed by atoms with E-state index in [0.717, 1.165) is 29.2 Å². The van der Waals surface area contributed by atoms with Crippen molar-refractivity contribution < 1.29 is 4.79 Å². The van der Waals surface area contributed by atoms with Gasteiger partial charge in [-0.05, 0) is 36.4 Å². The van der Waals surface area contributed by atoms with Crippen molar-refractivity contribution in [2.45, 2.75) is 13.0 Å². The summed E-state index contributed by atoms with van der Waals surface area (Å²) in [5, 5.41) is 0.698. The predicted molar refractivity (Wildman–Crippen MR) is 91.7 cm³/mol. The summed E-state index contributed by atoms with van der Waals surface area (Å²) in [6.07, 6.45) is 4.02. The fraction of sp³-hybridized carbons (Fsp3) is 0.167. The van der Waals surface area contributed by atoms with Crippen LogP contribution in [0, 0.1) is 0 Å². The lowest BCUT2D eigenvalue weighted by Gasteiger charge is -2.26. The number of amides is 1. The third-order valence-corrected chi connectivity index (χ3v) is 4.42. The zero-order valence-corrected chi connectivity index (χ0v) is 13.6. The molecule has 1 aliphatic rings. The van der Waals surface area contributed by atoms with Gasteiger partial charge in [-0.15, -0.1) is 0 Å². The van der Waals surface area contributed by atoms with Crippen molar-refractivity contribution in [3.8, 4) is 11.4 Å². The molecular weight excluding hydrogens is 324 g/mol. The van der Waals surface area contributed by atoms with Crippen molar-refractivity contribution in [3.05, 3.63) is 70.8 Å². The van der Waals surface area contributed by atoms with E-state index in [1.54, 1.807) is 24.5 Å². The molecule has 120 valence electrons. The second-order valence-electron chi connectivity index (χ2n) is 5.73. The highest BCUT2D eigenvalue weighted by Crippen LogP contribution is 2.24. The maximum atomic E-state index is 12.6. The molecule has 2 aromatic heterocycles. The van der Waals surface area contributed by atoms with Crippen LogP contribution in [0.4, 0.5) is 0 Å². The van der Waals surface area contributed by atoms with Crippen LogP contribution in [-0.2, 0) is 13.0 Å². The molecule has 0 fully saturated rings. The zero-order chi connectivity index (χ0) is 16.5. The second-order valence-corrected chi connectivity index (χ2v) is 6.17. The van der Waals surface area contributed by atoms with E-state index in [1.165, 1.54) is 0 Å². The molecule has 1 N–H and O–H groups in total. The second kappa shape index (κ2) is 6.09. The van der Waals surface area contributed by atoms with Gasteiger partial charge >= 0.3 is 0 Å². The molecule has 3 heterocycles. The molecule has 1 aromatic carbocycles. The van der Waals surface area contributed by atoms with E-state index < -0.39 is 0 Å². The molecule has 0 atom stereocenters. The molecule has 5 nitrogen and oxygen atoms in total. The van der Waals surface area contributed by atoms with E-state index in [4.69, 9.17) is 11.6 Å². The highest BCUT2D eigenvalue weighted by atomic mass is 35.5. The van der Waals surface area contributed by atoms with Gasteiger partial charge in [0.15, 0.2) is 0 Å². The first kappa shape index (κ1) is 14.9. The van der Waals surface area contributed by atoms with Crippen LogP contribution in [0.1, 0.15) is 21.7 Å². The fourth-order valence-corrected chi connectivity index (χ4v) is 3.01. The summed E-state index contributed by atoms with van der Waals surface area (Å²) in [6.45, 7) is 1.20. The van der Waals surface area contributed by atoms with Gasteiger partial charge in [0, 0.05) is 41.5 Å². The lowest BCUT2D eigenvalue weighted by atomic mass is 10.1. The Hall–Kier alpha value is -2.66. The molecule has 0 spiro atoms. The van der Waals surface area contributed by atoms with Gasteiger partial charge < -0.3 is 9.88 Å². The number of halogens is 1. The van der Waals surface area contributed by atoms with E-state index >= 15 is 0 Å². The first-order valence-electron chi connectivity index (χ1n) is 7.74. The van der Waals surface area contributed by atoms with E-state index in [9.17, 15) is 4.79 Å². The molecule has 0 bridgehead atoms. The average molecular weight is 339 g/mol. The van der Waals surface area contributed by atoms with Gasteiger partial charge in [-0.3, -0.25) is 9.78 Å². The Labute approximate surface area is 144 Å². The first-order chi connectivity index (χ1) is 11.7. The van der Waals surface area contributed by atoms with Crippen LogP contribution in [0.15, 0.2) is 48.8 Å². The number of carbonyl (C=O) groups is 1. The maximum Gasteiger partial charge on any atom is 0.254 e. The van der Waals surface area contributed by atoms with Crippen LogP contribution in [0.5, 0.6) is 0 Å². The normalized spacial score (nSPS) is 13.6. The fourth-order valence-electron chi connectivity index (χ4n) is 2.89. The summed E-state index contributed by atoms with van der Waals surface area (Å²) in [5.74, 6) is 0.834. The van der Waals surface area contributed by atoms with Crippen molar-refractivity contribution in [2.75, 3.05) is 6.54 Å². The molecule has 24 heavy (non-hydrogen) atoms. The van der Waals surface area contributed by atoms with E-state index in [-0.39, 0.29) is 5.91 Å². The summed E-state index contributed by atoms with van der Waals surface area (Å²) in [5.41, 5.74) is 3.67. The first-order valence-corrected chi connectivity index (χ1v) is 8.11. The summed E-state index contributed by atoms with van der Waals surface area (Å²) < 4.78 is 0. The number of hydrogen-bond acceptors (Lipinski definition) is 3. The monoisotopic (exact) mass is 338 g/mol. The topological polar surface area (TPSA) is 61.9 Å². The molecule has 0 unspecified atom stereocenters. The number of imidazole rings is 1. The molecule has 0 aliphatic carbocycles. The average Bonchev–Trinajstić information content (AvgIpc) is 3.05. The summed E-state index contributed by atoms with van der Waals surface area (Å²) >= 11 is 5.93. The number of benzene rings is 1. The van der Waals surface area contributed by atoms with Gasteiger partial charge in [-0.1, -0.05) is 11.6 Å². The highest BCUT2D eigenvalue weighted by Gasteiger charge is 2.24. The van der Waals surface area contributed by atoms with Gasteiger partial charge in [0.25, 0.3) is 5.91 Å². The Kier molecular flexibility index (Phi) is 3.78. The van der Waals surface area contributed by atoms with Gasteiger partial charge in [0.2, 0.25) is 0 Å². The Morgan fingerprint density at radius 3 is 2.62 bits per heavy atom. The van der Waals surface area contributed by atoms with E-state index in [2.05, 4.69) is 15.0 Å². The van der Waals surface area contributed by atoms with Crippen molar-refractivity contribution in [3.63, 3.8) is 0 Å². The van der Waals surface area contributed by atoms with Crippen molar-refractivity contribution in [1.82, 2.24) is 19.9 Å². The standard InChI is InChI=1S/C18H15ClN4O/c19-14-3-1-12(2-4-14)17-21-15-7-10-23(11-16(15)22-17)18(24)13-5-8-20-9-6-13/h1-6,8-9H,7,10-11H2,(H,21,22). The highest BCUT2D eigenvalue weighted by molar-refractivity contribution is 6.30. The van der Waals surface area contributed by atoms with E-state index in [0.29, 0.717) is 23.7 Å². The van der Waals surface area contributed by atoms with Gasteiger partial charge in [-0.2, -0.15) is 0 Å². The van der Waals surface area contributed by atoms with Crippen molar-refractivity contribution in [1.29, 1.82) is 0 Å². The number of H-pyrrole nitrogens is 1. The molecule has 4 rings (SSSR count). The molecule has 0 radical (unpaired) electrons. The Balaban J connectivity index is 1.57. The van der Waals surface area contributed by atoms with Crippen LogP contribution < -0.4 is 0 Å². The maximum absolute atomic E-state index is 12.6. The largest absolute Gasteiger partial charge is 0.340 e. The molecule has 1 amide bonds. The summed E-state index contributed by atoms with van der Waals surface area (Å²) in [6, 6.07) is 11.0. The SMILES string of the molecule is O=C(c1ccncc1)N1CCc2nc(-c3ccc(Cl)cc3)[nH]c2C1. The van der Waals surface area contributed by atoms with Crippen molar-refractivity contribution in [2.24, 2.45) is 0 Å². The molecule has 3 aromatic rings. The van der Waals surface area contributed by atoms with Crippen molar-refractivity contribution >= 4 is 17.5 Å². The van der Waals surface area contributed by atoms with Crippen LogP contribution in [0.25, 0.3) is 11.4 Å². The Morgan fingerprint density at radius 2 is 1.88 bits per heavy atom. The number of fused-ring (bicyclic) bond motifs is 1. The van der Waals surface area contributed by atoms with Crippen LogP contribution >= 0.6 is 11.6 Å². The minimum Gasteiger partial charge on any atom is -0.340 e. The smallest absolute Gasteiger partial charge is 0.254 e. The molecule has 0 saturated carbocycles. The number of pyridine rings is 1. The Bertz CT molecular complexity index is 874. The summed E-state index contributed by atoms with van der Waals surface area (Å²) in [7, 11) is 0. The quantitative estimate of drug-likeness (QED) is 0.779. The summed E-state index contributed by atoms with van der Waals surface area (Å²) in [4.78, 5) is 26.4. The minimum absolute atomic E-state index is 0.0192. The van der Waals surface area contributed by atoms with Gasteiger partial charge in [-0.25, -0.2) is 4.98 Å². The number of carbonyl (C=O) groups excluding carboxylic acids is 1. The Morgan fingerprint density at radius 1 is 1.12 bits per heavy atom. The van der Waals surface area contributed by atoms with Crippen LogP contribution in [-0.4, -0.2) is 32.3 Å². The molecule has 0 saturated heterocycles. The third-order valence-electron chi connectivity index (χ3n) is 4.16. The third kappa shape index (κ3) is 2.78. The molecular formula is C18H15ClN4O. The van der Waals surface area contributed by atoms with Gasteiger partial charge in [0.1, 0.15) is 5.82 Å². The molecule has 6 heteroatoms. The lowest BCUT2D eigenvalue weighted by molar-refractivity contribution is 0.0732. The number of rotatable bonds is 2. The van der Waals surface area contributed by atoms with Crippen LogP contribution in [0.3, 0.4) is 0 Å². The van der Waals surface area contributed by atoms with Crippen LogP contribution in [0.2, 0.25) is 5.02 Å². The minimum atomic E-state index is 0.0192. The lowest BCUT2D eigenvalue weighted by Crippen LogP contribution is -2.36. The number of nitrogens with zero attached hydrogens (tertiary/aromatic N) is 3. The number of aromatic amines is 1. The van der Waals surface area contributed by atoms with Gasteiger partial charge in [0.05, 0.1) is 17.9 Å².